The quantitative estimate of drug-likeness (QED) is 0.294. The Labute approximate surface area is 224 Å². The van der Waals surface area contributed by atoms with Crippen LogP contribution in [0, 0.1) is 0 Å². The number of aliphatic carboxylic acids is 1. The number of pyridine rings is 1. The number of rotatable bonds is 9. The van der Waals surface area contributed by atoms with Crippen LogP contribution in [0.2, 0.25) is 0 Å². The van der Waals surface area contributed by atoms with E-state index in [-0.39, 0.29) is 11.2 Å². The molecule has 0 bridgehead atoms. The Morgan fingerprint density at radius 3 is 3.00 bits per heavy atom. The fraction of sp³-hybridized carbons (Fsp3) is 0.333. The van der Waals surface area contributed by atoms with Crippen LogP contribution < -0.4 is 11.1 Å². The minimum Gasteiger partial charge on any atom is -0.477 e. The Balaban J connectivity index is 1.24. The van der Waals surface area contributed by atoms with Crippen LogP contribution in [0.15, 0.2) is 52.3 Å². The summed E-state index contributed by atoms with van der Waals surface area (Å²) >= 11 is 5.33. The highest BCUT2D eigenvalue weighted by atomic mass is 32.2. The predicted molar refractivity (Wildman–Crippen MR) is 141 cm³/mol. The third-order valence-corrected chi connectivity index (χ3v) is 9.13. The van der Waals surface area contributed by atoms with Crippen LogP contribution in [0.4, 0.5) is 0 Å². The largest absolute Gasteiger partial charge is 0.477 e. The molecule has 4 aliphatic rings. The van der Waals surface area contributed by atoms with Gasteiger partial charge in [-0.3, -0.25) is 24.5 Å². The number of β-lactam (4-membered cyclic amide) rings is 1. The Morgan fingerprint density at radius 1 is 1.44 bits per heavy atom. The summed E-state index contributed by atoms with van der Waals surface area (Å²) in [7, 11) is 0. The van der Waals surface area contributed by atoms with Crippen molar-refractivity contribution in [2.24, 2.45) is 5.73 Å². The van der Waals surface area contributed by atoms with Crippen LogP contribution in [0.5, 0.6) is 0 Å². The molecule has 5 heterocycles. The number of hydrogen-bond donors (Lipinski definition) is 3. The molecule has 4 aliphatic heterocycles. The van der Waals surface area contributed by atoms with Gasteiger partial charge in [0.15, 0.2) is 6.04 Å². The first kappa shape index (κ1) is 25.5. The van der Waals surface area contributed by atoms with Crippen molar-refractivity contribution in [3.63, 3.8) is 0 Å². The molecule has 0 aliphatic carbocycles. The number of amides is 2. The topological polar surface area (TPSA) is 141 Å². The van der Waals surface area contributed by atoms with Crippen LogP contribution in [0.3, 0.4) is 0 Å². The zero-order valence-corrected chi connectivity index (χ0v) is 22.1. The molecule has 4 N–H and O–H groups in total. The molecular weight excluding hydrogens is 545 g/mol. The van der Waals surface area contributed by atoms with E-state index >= 15 is 0 Å². The number of nitrogens with zero attached hydrogens (tertiary/aromatic N) is 4. The normalized spacial score (nSPS) is 27.4. The number of carbonyl (C=O) groups excluding carboxylic acids is 2. The molecule has 36 heavy (non-hydrogen) atoms. The molecule has 0 saturated carbocycles. The van der Waals surface area contributed by atoms with E-state index in [0.29, 0.717) is 22.8 Å². The Kier molecular flexibility index (Phi) is 7.57. The predicted octanol–water partition coefficient (Wildman–Crippen LogP) is 1.47. The maximum Gasteiger partial charge on any atom is 0.352 e. The van der Waals surface area contributed by atoms with Gasteiger partial charge in [0.2, 0.25) is 5.91 Å². The van der Waals surface area contributed by atoms with Crippen LogP contribution >= 0.6 is 47.3 Å². The van der Waals surface area contributed by atoms with E-state index < -0.39 is 35.2 Å². The number of carboxylic acids is 1. The number of hydrogen-bond acceptors (Lipinski definition) is 12. The number of hydroxylamine groups is 1. The number of nitrogens with one attached hydrogen (secondary N) is 1. The molecule has 0 aromatic carbocycles. The van der Waals surface area contributed by atoms with Gasteiger partial charge in [-0.15, -0.1) is 23.5 Å². The van der Waals surface area contributed by atoms with Crippen LogP contribution in [-0.2, 0) is 18.7 Å². The Bertz CT molecular complexity index is 1160. The third-order valence-electron chi connectivity index (χ3n) is 5.79. The van der Waals surface area contributed by atoms with Crippen molar-refractivity contribution in [1.29, 1.82) is 0 Å². The van der Waals surface area contributed by atoms with E-state index in [1.807, 2.05) is 23.6 Å². The smallest absolute Gasteiger partial charge is 0.352 e. The van der Waals surface area contributed by atoms with E-state index in [4.69, 9.17) is 10.0 Å². The summed E-state index contributed by atoms with van der Waals surface area (Å²) in [5.74, 6) is -1.11. The number of aromatic nitrogens is 1. The monoisotopic (exact) mass is 566 g/mol. The van der Waals surface area contributed by atoms with Gasteiger partial charge in [0.1, 0.15) is 22.6 Å². The number of carboxylic acid groups (broad SMARTS) is 1. The van der Waals surface area contributed by atoms with Gasteiger partial charge in [0.05, 0.1) is 5.70 Å². The zero-order chi connectivity index (χ0) is 25.4. The maximum absolute atomic E-state index is 13.1. The van der Waals surface area contributed by atoms with E-state index in [1.165, 1.54) is 45.4 Å². The van der Waals surface area contributed by atoms with Gasteiger partial charge in [-0.2, -0.15) is 0 Å². The number of hydrazine groups is 1. The zero-order valence-electron chi connectivity index (χ0n) is 18.8. The van der Waals surface area contributed by atoms with Crippen molar-refractivity contribution in [3.05, 3.63) is 57.9 Å². The summed E-state index contributed by atoms with van der Waals surface area (Å²) in [6, 6.07) is 2.21. The second-order valence-corrected chi connectivity index (χ2v) is 11.4. The fourth-order valence-electron chi connectivity index (χ4n) is 4.16. The van der Waals surface area contributed by atoms with Gasteiger partial charge in [-0.05, 0) is 34.1 Å². The molecule has 2 saturated heterocycles. The van der Waals surface area contributed by atoms with Crippen molar-refractivity contribution in [3.8, 4) is 0 Å². The lowest BCUT2D eigenvalue weighted by molar-refractivity contribution is -0.273. The second kappa shape index (κ2) is 10.7. The lowest BCUT2D eigenvalue weighted by Gasteiger charge is -2.52. The molecule has 2 fully saturated rings. The molecule has 0 spiro atoms. The molecular formula is C21H22N6O5S4. The first-order chi connectivity index (χ1) is 17.4. The molecule has 3 unspecified atom stereocenters. The number of carbonyl (C=O) groups is 3. The Morgan fingerprint density at radius 2 is 2.28 bits per heavy atom. The third kappa shape index (κ3) is 4.53. The number of fused-ring (bicyclic) bond motifs is 2. The molecule has 11 nitrogen and oxygen atoms in total. The minimum atomic E-state index is -1.15. The fourth-order valence-corrected chi connectivity index (χ4v) is 7.58. The summed E-state index contributed by atoms with van der Waals surface area (Å²) in [6.45, 7) is 0. The molecule has 2 amide bonds. The highest BCUT2D eigenvalue weighted by Crippen LogP contribution is 2.44. The molecule has 190 valence electrons. The lowest BCUT2D eigenvalue weighted by Crippen LogP contribution is -2.74. The van der Waals surface area contributed by atoms with Crippen LogP contribution in [0.1, 0.15) is 5.56 Å². The van der Waals surface area contributed by atoms with Gasteiger partial charge < -0.3 is 16.2 Å². The van der Waals surface area contributed by atoms with Crippen molar-refractivity contribution < 1.29 is 23.8 Å². The highest BCUT2D eigenvalue weighted by Gasteiger charge is 2.57. The maximum atomic E-state index is 13.1. The van der Waals surface area contributed by atoms with Crippen molar-refractivity contribution in [1.82, 2.24) is 25.4 Å². The molecule has 15 heteroatoms. The van der Waals surface area contributed by atoms with Gasteiger partial charge in [0.25, 0.3) is 5.91 Å². The summed E-state index contributed by atoms with van der Waals surface area (Å²) in [4.78, 5) is 43.5. The van der Waals surface area contributed by atoms with Gasteiger partial charge >= 0.3 is 5.97 Å². The molecule has 1 aromatic rings. The second-order valence-electron chi connectivity index (χ2n) is 7.91. The van der Waals surface area contributed by atoms with Crippen LogP contribution in [-0.4, -0.2) is 83.7 Å². The number of nitrogens with two attached hydrogens (primary N) is 1. The van der Waals surface area contributed by atoms with E-state index in [9.17, 15) is 19.5 Å². The summed E-state index contributed by atoms with van der Waals surface area (Å²) in [6.07, 6.45) is 7.05. The molecule has 0 radical (unpaired) electrons. The summed E-state index contributed by atoms with van der Waals surface area (Å²) < 4.78 is 5.48. The average Bonchev–Trinajstić information content (AvgIpc) is 3.18. The molecule has 5 rings (SSSR count). The molecule has 4 atom stereocenters. The van der Waals surface area contributed by atoms with Crippen molar-refractivity contribution >= 4 is 71.2 Å². The minimum absolute atomic E-state index is 0.000404. The van der Waals surface area contributed by atoms with Gasteiger partial charge in [-0.25, -0.2) is 9.08 Å². The average molecular weight is 567 g/mol. The first-order valence-corrected chi connectivity index (χ1v) is 14.9. The van der Waals surface area contributed by atoms with Gasteiger partial charge in [0, 0.05) is 42.2 Å². The number of thioether (sulfide) groups is 3. The van der Waals surface area contributed by atoms with Crippen molar-refractivity contribution in [2.45, 2.75) is 23.0 Å². The van der Waals surface area contributed by atoms with Crippen LogP contribution in [0.25, 0.3) is 6.08 Å². The highest BCUT2D eigenvalue weighted by molar-refractivity contribution is 8.03. The summed E-state index contributed by atoms with van der Waals surface area (Å²) in [5, 5.41) is 18.9. The first-order valence-electron chi connectivity index (χ1n) is 10.7. The standard InChI is InChI=1S/C21H22N6O5S4/c1-33-32-27-16(13-10-36-21(22)26(13)27)17(28)24-14-18(29)25-15(20(30)31)12(9-35-19(14)25)8-34-6-4-11-3-2-5-23-7-11/h2-7,10,14,16,19,21H,8-9,22H2,1H3,(H,24,28)(H,30,31)/t14?,16?,19-,21?/m0/s1. The molecule has 1 aromatic heterocycles. The summed E-state index contributed by atoms with van der Waals surface area (Å²) in [5.41, 5.74) is 7.94. The SMILES string of the molecule is CSON1C(C(=O)NC2C(=O)N3C(C(=O)O)=C(CSC=Cc4cccnc4)CS[C@@H]23)C2=CSC(N)N21. The van der Waals surface area contributed by atoms with Gasteiger partial charge in [-0.1, -0.05) is 23.0 Å². The van der Waals surface area contributed by atoms with E-state index in [1.54, 1.807) is 29.1 Å². The van der Waals surface area contributed by atoms with E-state index in [2.05, 4.69) is 10.3 Å². The van der Waals surface area contributed by atoms with E-state index in [0.717, 1.165) is 17.6 Å². The Hall–Kier alpha value is -2.14. The lowest BCUT2D eigenvalue weighted by atomic mass is 10.0. The van der Waals surface area contributed by atoms with Crippen molar-refractivity contribution in [2.75, 3.05) is 17.8 Å².